The van der Waals surface area contributed by atoms with E-state index in [1.807, 2.05) is 13.8 Å². The zero-order valence-corrected chi connectivity index (χ0v) is 22.6. The molecule has 1 saturated carbocycles. The van der Waals surface area contributed by atoms with Crippen molar-refractivity contribution in [2.45, 2.75) is 38.2 Å². The average molecular weight is 572 g/mol. The molecule has 0 unspecified atom stereocenters. The lowest BCUT2D eigenvalue weighted by atomic mass is 10.1. The zero-order valence-electron chi connectivity index (χ0n) is 22.6. The number of aryl methyl sites for hydroxylation is 1. The number of alkyl halides is 2. The van der Waals surface area contributed by atoms with Crippen LogP contribution >= 0.6 is 0 Å². The van der Waals surface area contributed by atoms with Crippen LogP contribution in [0.25, 0.3) is 16.8 Å². The Morgan fingerprint density at radius 3 is 2.80 bits per heavy atom. The molecule has 1 amide bonds. The molecule has 5 heterocycles. The molecule has 216 valence electrons. The lowest BCUT2D eigenvalue weighted by Gasteiger charge is -2.17. The van der Waals surface area contributed by atoms with E-state index in [0.717, 1.165) is 6.20 Å². The molecular formula is C27H28F3N7O4. The highest BCUT2D eigenvalue weighted by Gasteiger charge is 2.46. The van der Waals surface area contributed by atoms with E-state index in [4.69, 9.17) is 9.47 Å². The number of anilines is 1. The number of carbonyl (C=O) groups excluding carboxylic acids is 1. The molecule has 1 aliphatic carbocycles. The maximum absolute atomic E-state index is 15.2. The van der Waals surface area contributed by atoms with E-state index in [2.05, 4.69) is 20.5 Å². The summed E-state index contributed by atoms with van der Waals surface area (Å²) in [4.78, 5) is 29.6. The van der Waals surface area contributed by atoms with Gasteiger partial charge in [-0.1, -0.05) is 0 Å². The van der Waals surface area contributed by atoms with Crippen molar-refractivity contribution in [3.8, 4) is 17.0 Å². The molecule has 1 saturated heterocycles. The second-order valence-corrected chi connectivity index (χ2v) is 10.8. The summed E-state index contributed by atoms with van der Waals surface area (Å²) in [6, 6.07) is 4.56. The summed E-state index contributed by atoms with van der Waals surface area (Å²) in [5.41, 5.74) is 1.29. The van der Waals surface area contributed by atoms with E-state index >= 15 is 4.39 Å². The van der Waals surface area contributed by atoms with E-state index in [-0.39, 0.29) is 65.4 Å². The first-order chi connectivity index (χ1) is 19.5. The van der Waals surface area contributed by atoms with E-state index in [1.54, 1.807) is 13.1 Å². The minimum atomic E-state index is -3.00. The Morgan fingerprint density at radius 2 is 2.10 bits per heavy atom. The number of amides is 1. The van der Waals surface area contributed by atoms with Gasteiger partial charge in [-0.05, 0) is 26.3 Å². The first-order valence-corrected chi connectivity index (χ1v) is 13.2. The van der Waals surface area contributed by atoms with Gasteiger partial charge in [-0.15, -0.1) is 5.10 Å². The van der Waals surface area contributed by atoms with Crippen LogP contribution in [-0.4, -0.2) is 60.6 Å². The number of ether oxygens (including phenoxy) is 2. The van der Waals surface area contributed by atoms with Crippen molar-refractivity contribution in [1.82, 2.24) is 28.9 Å². The smallest absolute Gasteiger partial charge is 0.279 e. The van der Waals surface area contributed by atoms with Crippen LogP contribution in [0.15, 0.2) is 41.7 Å². The Labute approximate surface area is 231 Å². The van der Waals surface area contributed by atoms with Crippen molar-refractivity contribution in [1.29, 1.82) is 0 Å². The first-order valence-electron chi connectivity index (χ1n) is 13.2. The Hall–Kier alpha value is -4.20. The van der Waals surface area contributed by atoms with Gasteiger partial charge in [0, 0.05) is 42.6 Å². The summed E-state index contributed by atoms with van der Waals surface area (Å²) in [6.07, 6.45) is 4.56. The van der Waals surface area contributed by atoms with Crippen LogP contribution in [-0.2, 0) is 16.6 Å². The van der Waals surface area contributed by atoms with Crippen LogP contribution in [0.5, 0.6) is 5.75 Å². The fourth-order valence-corrected chi connectivity index (χ4v) is 5.07. The van der Waals surface area contributed by atoms with E-state index in [1.165, 1.54) is 38.4 Å². The number of hydrogen-bond donors (Lipinski definition) is 1. The van der Waals surface area contributed by atoms with Crippen LogP contribution in [0.1, 0.15) is 37.9 Å². The number of pyridine rings is 1. The van der Waals surface area contributed by atoms with E-state index in [0.29, 0.717) is 17.6 Å². The van der Waals surface area contributed by atoms with Gasteiger partial charge in [0.15, 0.2) is 17.4 Å². The monoisotopic (exact) mass is 571 g/mol. The molecule has 4 aromatic heterocycles. The summed E-state index contributed by atoms with van der Waals surface area (Å²) in [6.45, 7) is 2.68. The molecule has 3 atom stereocenters. The fourth-order valence-electron chi connectivity index (χ4n) is 5.07. The average Bonchev–Trinajstić information content (AvgIpc) is 3.35. The fraction of sp³-hybridized carbons (Fsp3) is 0.444. The van der Waals surface area contributed by atoms with Crippen molar-refractivity contribution in [3.63, 3.8) is 0 Å². The molecule has 1 aliphatic heterocycles. The molecule has 0 bridgehead atoms. The van der Waals surface area contributed by atoms with Gasteiger partial charge < -0.3 is 14.8 Å². The van der Waals surface area contributed by atoms with Crippen LogP contribution in [0.4, 0.5) is 19.0 Å². The first kappa shape index (κ1) is 27.0. The SMILES string of the molecule is CC(C)n1cnc([C@H]2C[C@H]2C(=O)Nc2cc3cc(-c4c(OC[C@@H]5COCC5(F)F)cnn4C)c(F)cn3n2)cc1=O. The molecule has 0 spiro atoms. The standard InChI is InChI=1S/C27H28F3N7O4/c1-14(2)36-13-31-21(7-24(36)38)17-6-18(17)26(39)33-23-5-16-4-19(20(28)9-37(16)34-23)25-22(8-32-35(25)3)41-11-15-10-40-12-27(15,29)30/h4-5,7-9,13-15,17-18H,6,10-12H2,1-3H3,(H,33,34,39)/t15-,17-,18+/m0/s1. The van der Waals surface area contributed by atoms with Gasteiger partial charge in [-0.25, -0.2) is 22.7 Å². The van der Waals surface area contributed by atoms with Crippen LogP contribution in [0.2, 0.25) is 0 Å². The van der Waals surface area contributed by atoms with Gasteiger partial charge in [0.2, 0.25) is 5.91 Å². The van der Waals surface area contributed by atoms with Gasteiger partial charge in [0.1, 0.15) is 12.3 Å². The van der Waals surface area contributed by atoms with Gasteiger partial charge in [-0.3, -0.25) is 18.8 Å². The number of nitrogens with one attached hydrogen (secondary N) is 1. The molecule has 0 radical (unpaired) electrons. The quantitative estimate of drug-likeness (QED) is 0.345. The third kappa shape index (κ3) is 5.07. The summed E-state index contributed by atoms with van der Waals surface area (Å²) < 4.78 is 57.9. The largest absolute Gasteiger partial charge is 0.489 e. The molecule has 2 fully saturated rings. The highest BCUT2D eigenvalue weighted by atomic mass is 19.3. The molecular weight excluding hydrogens is 543 g/mol. The molecule has 6 rings (SSSR count). The Morgan fingerprint density at radius 1 is 1.29 bits per heavy atom. The normalized spacial score (nSPS) is 21.5. The molecule has 4 aromatic rings. The van der Waals surface area contributed by atoms with Gasteiger partial charge in [-0.2, -0.15) is 5.10 Å². The predicted molar refractivity (Wildman–Crippen MR) is 140 cm³/mol. The molecule has 14 heteroatoms. The summed E-state index contributed by atoms with van der Waals surface area (Å²) in [5.74, 6) is -5.18. The van der Waals surface area contributed by atoms with Crippen molar-refractivity contribution in [3.05, 3.63) is 58.8 Å². The number of nitrogens with zero attached hydrogens (tertiary/aromatic N) is 6. The Bertz CT molecular complexity index is 1700. The lowest BCUT2D eigenvalue weighted by Crippen LogP contribution is -2.31. The second kappa shape index (κ2) is 10.0. The molecule has 2 aliphatic rings. The number of aromatic nitrogens is 6. The highest BCUT2D eigenvalue weighted by Crippen LogP contribution is 2.47. The zero-order chi connectivity index (χ0) is 29.1. The van der Waals surface area contributed by atoms with Crippen LogP contribution < -0.4 is 15.6 Å². The number of fused-ring (bicyclic) bond motifs is 1. The van der Waals surface area contributed by atoms with Crippen molar-refractivity contribution < 1.29 is 27.4 Å². The van der Waals surface area contributed by atoms with Crippen LogP contribution in [0.3, 0.4) is 0 Å². The molecule has 11 nitrogen and oxygen atoms in total. The summed E-state index contributed by atoms with van der Waals surface area (Å²) in [5, 5.41) is 11.1. The van der Waals surface area contributed by atoms with E-state index < -0.39 is 24.3 Å². The number of rotatable bonds is 8. The Balaban J connectivity index is 1.18. The Kier molecular flexibility index (Phi) is 6.59. The van der Waals surface area contributed by atoms with E-state index in [9.17, 15) is 18.4 Å². The summed E-state index contributed by atoms with van der Waals surface area (Å²) in [7, 11) is 1.59. The minimum Gasteiger partial charge on any atom is -0.489 e. The van der Waals surface area contributed by atoms with Crippen molar-refractivity contribution >= 4 is 17.2 Å². The number of halogens is 3. The number of carbonyl (C=O) groups is 1. The predicted octanol–water partition coefficient (Wildman–Crippen LogP) is 3.41. The molecule has 1 N–H and O–H groups in total. The third-order valence-electron chi connectivity index (χ3n) is 7.53. The van der Waals surface area contributed by atoms with Gasteiger partial charge >= 0.3 is 0 Å². The maximum atomic E-state index is 15.2. The lowest BCUT2D eigenvalue weighted by molar-refractivity contribution is -0.117. The molecule has 41 heavy (non-hydrogen) atoms. The minimum absolute atomic E-state index is 0.0141. The maximum Gasteiger partial charge on any atom is 0.279 e. The van der Waals surface area contributed by atoms with Crippen molar-refractivity contribution in [2.24, 2.45) is 18.9 Å². The molecule has 0 aromatic carbocycles. The van der Waals surface area contributed by atoms with Gasteiger partial charge in [0.05, 0.1) is 49.1 Å². The highest BCUT2D eigenvalue weighted by molar-refractivity contribution is 5.95. The second-order valence-electron chi connectivity index (χ2n) is 10.8. The topological polar surface area (TPSA) is 118 Å². The third-order valence-corrected chi connectivity index (χ3v) is 7.53. The van der Waals surface area contributed by atoms with Crippen LogP contribution in [0, 0.1) is 17.7 Å². The van der Waals surface area contributed by atoms with Gasteiger partial charge in [0.25, 0.3) is 11.5 Å². The number of hydrogen-bond acceptors (Lipinski definition) is 7. The summed E-state index contributed by atoms with van der Waals surface area (Å²) >= 11 is 0. The van der Waals surface area contributed by atoms with Crippen molar-refractivity contribution in [2.75, 3.05) is 25.1 Å².